The molecule has 0 amide bonds. The average molecular weight is 311 g/mol. The van der Waals surface area contributed by atoms with E-state index in [4.69, 9.17) is 9.73 Å². The number of nitrogens with zero attached hydrogens (tertiary/aromatic N) is 2. The van der Waals surface area contributed by atoms with E-state index in [1.807, 2.05) is 12.1 Å². The predicted molar refractivity (Wildman–Crippen MR) is 87.4 cm³/mol. The summed E-state index contributed by atoms with van der Waals surface area (Å²) < 4.78 is 20.2. The minimum atomic E-state index is -0.218. The molecule has 0 N–H and O–H groups in total. The van der Waals surface area contributed by atoms with Gasteiger partial charge in [-0.2, -0.15) is 0 Å². The molecule has 4 heteroatoms. The van der Waals surface area contributed by atoms with Crippen molar-refractivity contribution in [3.05, 3.63) is 71.0 Å². The molecular formula is C19H20FN2O+. The summed E-state index contributed by atoms with van der Waals surface area (Å²) in [6.45, 7) is 5.42. The lowest BCUT2D eigenvalue weighted by Crippen LogP contribution is -2.53. The van der Waals surface area contributed by atoms with Crippen LogP contribution in [0.15, 0.2) is 53.5 Å². The Labute approximate surface area is 135 Å². The second-order valence-corrected chi connectivity index (χ2v) is 6.15. The first kappa shape index (κ1) is 14.5. The Hall–Kier alpha value is -2.04. The Morgan fingerprint density at radius 2 is 1.96 bits per heavy atom. The molecule has 0 saturated carbocycles. The highest BCUT2D eigenvalue weighted by molar-refractivity contribution is 5.94. The van der Waals surface area contributed by atoms with Gasteiger partial charge in [0.15, 0.2) is 0 Å². The van der Waals surface area contributed by atoms with E-state index in [0.29, 0.717) is 11.1 Å². The first-order valence-corrected chi connectivity index (χ1v) is 8.12. The number of hydrogen-bond acceptors (Lipinski definition) is 2. The molecule has 2 aromatic rings. The number of aliphatic imine (C=N–C) groups is 1. The Bertz CT molecular complexity index is 756. The van der Waals surface area contributed by atoms with E-state index in [1.165, 1.54) is 23.3 Å². The average Bonchev–Trinajstić information content (AvgIpc) is 3.20. The van der Waals surface area contributed by atoms with E-state index in [1.54, 1.807) is 0 Å². The van der Waals surface area contributed by atoms with Crippen LogP contribution in [0, 0.1) is 5.82 Å². The van der Waals surface area contributed by atoms with Gasteiger partial charge in [0.05, 0.1) is 25.3 Å². The lowest BCUT2D eigenvalue weighted by atomic mass is 10.1. The van der Waals surface area contributed by atoms with E-state index >= 15 is 0 Å². The van der Waals surface area contributed by atoms with Gasteiger partial charge in [-0.3, -0.25) is 0 Å². The Morgan fingerprint density at radius 1 is 1.17 bits per heavy atom. The monoisotopic (exact) mass is 311 g/mol. The molecule has 2 aliphatic rings. The minimum absolute atomic E-state index is 0.0255. The largest absolute Gasteiger partial charge is 0.320 e. The first-order valence-electron chi connectivity index (χ1n) is 8.12. The molecule has 2 unspecified atom stereocenters. The molecule has 2 atom stereocenters. The van der Waals surface area contributed by atoms with Crippen LogP contribution in [0.1, 0.15) is 29.8 Å². The van der Waals surface area contributed by atoms with E-state index in [9.17, 15) is 4.39 Å². The van der Waals surface area contributed by atoms with Gasteiger partial charge in [0.1, 0.15) is 12.4 Å². The van der Waals surface area contributed by atoms with Gasteiger partial charge < -0.3 is 4.74 Å². The molecule has 0 saturated heterocycles. The molecule has 0 bridgehead atoms. The molecule has 118 valence electrons. The number of ether oxygens (including phenoxy) is 1. The number of likely N-dealkylation sites (N-methyl/N-ethyl adjacent to an activating group) is 1. The maximum absolute atomic E-state index is 13.3. The summed E-state index contributed by atoms with van der Waals surface area (Å²) in [5.74, 6) is 0.790. The van der Waals surface area contributed by atoms with Gasteiger partial charge in [-0.05, 0) is 36.8 Å². The number of quaternary nitrogens is 1. The molecular weight excluding hydrogens is 291 g/mol. The van der Waals surface area contributed by atoms with Crippen LogP contribution in [-0.2, 0) is 11.3 Å². The van der Waals surface area contributed by atoms with Crippen molar-refractivity contribution < 1.29 is 13.6 Å². The molecule has 2 aliphatic heterocycles. The molecule has 0 aliphatic carbocycles. The number of rotatable bonds is 3. The quantitative estimate of drug-likeness (QED) is 0.793. The van der Waals surface area contributed by atoms with Crippen LogP contribution in [0.25, 0.3) is 0 Å². The van der Waals surface area contributed by atoms with E-state index in [-0.39, 0.29) is 12.0 Å². The van der Waals surface area contributed by atoms with Crippen molar-refractivity contribution in [3.63, 3.8) is 0 Å². The van der Waals surface area contributed by atoms with Crippen LogP contribution in [0.5, 0.6) is 0 Å². The minimum Gasteiger partial charge on any atom is -0.320 e. The number of benzene rings is 2. The zero-order chi connectivity index (χ0) is 15.9. The summed E-state index contributed by atoms with van der Waals surface area (Å²) in [4.78, 5) is 4.76. The standard InChI is InChI=1S/C19H20FN2O/c1-2-22(19-17-6-4-3-5-15(17)13-23-19)12-11-21-18(22)14-7-9-16(20)10-8-14/h3-10,19H,2,11-13H2,1H3/q+1. The Kier molecular flexibility index (Phi) is 3.51. The van der Waals surface area contributed by atoms with Gasteiger partial charge in [0, 0.05) is 5.56 Å². The lowest BCUT2D eigenvalue weighted by Gasteiger charge is -2.38. The van der Waals surface area contributed by atoms with Gasteiger partial charge >= 0.3 is 0 Å². The summed E-state index contributed by atoms with van der Waals surface area (Å²) in [6.07, 6.45) is -0.0255. The fourth-order valence-corrected chi connectivity index (χ4v) is 3.80. The summed E-state index contributed by atoms with van der Waals surface area (Å²) in [7, 11) is 0. The maximum atomic E-state index is 13.3. The van der Waals surface area contributed by atoms with Crippen molar-refractivity contribution in [1.29, 1.82) is 0 Å². The van der Waals surface area contributed by atoms with Crippen LogP contribution in [0.4, 0.5) is 4.39 Å². The summed E-state index contributed by atoms with van der Waals surface area (Å²) >= 11 is 0. The van der Waals surface area contributed by atoms with Crippen molar-refractivity contribution in [2.75, 3.05) is 19.6 Å². The normalized spacial score (nSPS) is 26.2. The second kappa shape index (κ2) is 5.55. The van der Waals surface area contributed by atoms with Gasteiger partial charge in [0.25, 0.3) is 0 Å². The van der Waals surface area contributed by atoms with Crippen LogP contribution >= 0.6 is 0 Å². The number of amidine groups is 1. The highest BCUT2D eigenvalue weighted by atomic mass is 19.1. The third-order valence-electron chi connectivity index (χ3n) is 5.02. The fourth-order valence-electron chi connectivity index (χ4n) is 3.80. The highest BCUT2D eigenvalue weighted by Gasteiger charge is 2.48. The molecule has 2 aromatic carbocycles. The van der Waals surface area contributed by atoms with Crippen LogP contribution < -0.4 is 0 Å². The SMILES string of the molecule is CC[N+]1(C2OCc3ccccc32)CCN=C1c1ccc(F)cc1. The first-order chi connectivity index (χ1) is 11.2. The van der Waals surface area contributed by atoms with Crippen molar-refractivity contribution in [3.8, 4) is 0 Å². The third kappa shape index (κ3) is 2.21. The van der Waals surface area contributed by atoms with Crippen LogP contribution in [0.3, 0.4) is 0 Å². The molecule has 0 spiro atoms. The Balaban J connectivity index is 1.78. The molecule has 4 rings (SSSR count). The second-order valence-electron chi connectivity index (χ2n) is 6.15. The van der Waals surface area contributed by atoms with Gasteiger partial charge in [-0.25, -0.2) is 13.9 Å². The zero-order valence-electron chi connectivity index (χ0n) is 13.2. The van der Waals surface area contributed by atoms with Gasteiger partial charge in [0.2, 0.25) is 12.1 Å². The topological polar surface area (TPSA) is 21.6 Å². The van der Waals surface area contributed by atoms with Crippen molar-refractivity contribution in [2.45, 2.75) is 19.8 Å². The predicted octanol–water partition coefficient (Wildman–Crippen LogP) is 3.65. The van der Waals surface area contributed by atoms with E-state index in [0.717, 1.165) is 31.0 Å². The van der Waals surface area contributed by atoms with Crippen LogP contribution in [0.2, 0.25) is 0 Å². The molecule has 23 heavy (non-hydrogen) atoms. The fraction of sp³-hybridized carbons (Fsp3) is 0.316. The molecule has 3 nitrogen and oxygen atoms in total. The smallest absolute Gasteiger partial charge is 0.233 e. The molecule has 2 heterocycles. The summed E-state index contributed by atoms with van der Waals surface area (Å²) in [5.41, 5.74) is 3.50. The molecule has 0 fully saturated rings. The van der Waals surface area contributed by atoms with E-state index in [2.05, 4.69) is 31.2 Å². The zero-order valence-corrected chi connectivity index (χ0v) is 13.2. The molecule has 0 aromatic heterocycles. The summed E-state index contributed by atoms with van der Waals surface area (Å²) in [6, 6.07) is 15.1. The van der Waals surface area contributed by atoms with Crippen LogP contribution in [-0.4, -0.2) is 30.0 Å². The molecule has 0 radical (unpaired) electrons. The highest BCUT2D eigenvalue weighted by Crippen LogP contribution is 2.41. The maximum Gasteiger partial charge on any atom is 0.233 e. The van der Waals surface area contributed by atoms with Gasteiger partial charge in [-0.1, -0.05) is 24.3 Å². The van der Waals surface area contributed by atoms with Crippen molar-refractivity contribution >= 4 is 5.84 Å². The Morgan fingerprint density at radius 3 is 2.74 bits per heavy atom. The van der Waals surface area contributed by atoms with Gasteiger partial charge in [-0.15, -0.1) is 0 Å². The number of fused-ring (bicyclic) bond motifs is 1. The lowest BCUT2D eigenvalue weighted by molar-refractivity contribution is -0.890. The number of hydrogen-bond donors (Lipinski definition) is 0. The summed E-state index contributed by atoms with van der Waals surface area (Å²) in [5, 5.41) is 0. The van der Waals surface area contributed by atoms with E-state index < -0.39 is 0 Å². The number of halogens is 1. The third-order valence-corrected chi connectivity index (χ3v) is 5.02. The van der Waals surface area contributed by atoms with Crippen molar-refractivity contribution in [1.82, 2.24) is 0 Å². The van der Waals surface area contributed by atoms with Crippen molar-refractivity contribution in [2.24, 2.45) is 4.99 Å².